The minimum absolute atomic E-state index is 0.707. The molecular formula is C45H27N3. The lowest BCUT2D eigenvalue weighted by molar-refractivity contribution is 1.18. The predicted octanol–water partition coefficient (Wildman–Crippen LogP) is 11.7. The molecule has 0 aliphatic heterocycles. The van der Waals surface area contributed by atoms with Crippen molar-refractivity contribution in [1.82, 2.24) is 9.13 Å². The van der Waals surface area contributed by atoms with Crippen molar-refractivity contribution in [3.63, 3.8) is 0 Å². The van der Waals surface area contributed by atoms with E-state index in [4.69, 9.17) is 0 Å². The van der Waals surface area contributed by atoms with Crippen molar-refractivity contribution < 1.29 is 0 Å². The van der Waals surface area contributed by atoms with Gasteiger partial charge in [0, 0.05) is 38.3 Å². The zero-order chi connectivity index (χ0) is 31.8. The number of hydrogen-bond donors (Lipinski definition) is 0. The van der Waals surface area contributed by atoms with Crippen molar-refractivity contribution in [3.8, 4) is 28.6 Å². The lowest BCUT2D eigenvalue weighted by Crippen LogP contribution is -1.94. The Kier molecular flexibility index (Phi) is 5.64. The third kappa shape index (κ3) is 3.81. The van der Waals surface area contributed by atoms with Crippen LogP contribution in [-0.2, 0) is 0 Å². The monoisotopic (exact) mass is 609 g/mol. The highest BCUT2D eigenvalue weighted by molar-refractivity contribution is 6.14. The van der Waals surface area contributed by atoms with Crippen molar-refractivity contribution in [2.75, 3.05) is 0 Å². The van der Waals surface area contributed by atoms with Crippen molar-refractivity contribution in [2.45, 2.75) is 0 Å². The summed E-state index contributed by atoms with van der Waals surface area (Å²) < 4.78 is 4.73. The van der Waals surface area contributed by atoms with E-state index >= 15 is 0 Å². The normalized spacial score (nSPS) is 11.7. The van der Waals surface area contributed by atoms with Crippen LogP contribution in [0.3, 0.4) is 0 Å². The van der Waals surface area contributed by atoms with Crippen molar-refractivity contribution in [3.05, 3.63) is 169 Å². The van der Waals surface area contributed by atoms with Gasteiger partial charge in [-0.05, 0) is 94.0 Å². The van der Waals surface area contributed by atoms with E-state index in [1.807, 2.05) is 24.3 Å². The molecule has 0 radical (unpaired) electrons. The van der Waals surface area contributed by atoms with Crippen LogP contribution in [0.5, 0.6) is 0 Å². The van der Waals surface area contributed by atoms with E-state index in [-0.39, 0.29) is 0 Å². The molecule has 8 aromatic carbocycles. The van der Waals surface area contributed by atoms with E-state index in [1.54, 1.807) is 0 Å². The van der Waals surface area contributed by atoms with E-state index < -0.39 is 0 Å². The Morgan fingerprint density at radius 3 is 1.50 bits per heavy atom. The SMILES string of the molecule is N#Cc1cc2ccc(-n3c4ccccc4c4cc(-c5ccc6c(c5)c5ccccc5n6-c5ccccc5)ccc43)cc2c2ccccc12. The minimum atomic E-state index is 0.707. The summed E-state index contributed by atoms with van der Waals surface area (Å²) in [5, 5.41) is 19.1. The van der Waals surface area contributed by atoms with E-state index in [1.165, 1.54) is 54.7 Å². The maximum absolute atomic E-state index is 9.83. The fourth-order valence-electron chi connectivity index (χ4n) is 7.76. The second-order valence-electron chi connectivity index (χ2n) is 12.5. The summed E-state index contributed by atoms with van der Waals surface area (Å²) >= 11 is 0. The van der Waals surface area contributed by atoms with Crippen LogP contribution in [0.2, 0.25) is 0 Å². The van der Waals surface area contributed by atoms with Crippen molar-refractivity contribution in [1.29, 1.82) is 5.26 Å². The van der Waals surface area contributed by atoms with Gasteiger partial charge in [-0.15, -0.1) is 0 Å². The number of hydrogen-bond acceptors (Lipinski definition) is 1. The maximum atomic E-state index is 9.83. The van der Waals surface area contributed by atoms with Crippen LogP contribution in [0.15, 0.2) is 164 Å². The Labute approximate surface area is 276 Å². The number of nitrogens with zero attached hydrogens (tertiary/aromatic N) is 3. The summed E-state index contributed by atoms with van der Waals surface area (Å²) in [6.07, 6.45) is 0. The molecule has 10 rings (SSSR count). The molecule has 0 saturated heterocycles. The number of para-hydroxylation sites is 3. The van der Waals surface area contributed by atoms with Crippen LogP contribution in [0.25, 0.3) is 87.7 Å². The Hall–Kier alpha value is -6.63. The highest BCUT2D eigenvalue weighted by Gasteiger charge is 2.17. The first-order valence-corrected chi connectivity index (χ1v) is 16.2. The van der Waals surface area contributed by atoms with Gasteiger partial charge in [0.1, 0.15) is 0 Å². The molecule has 0 N–H and O–H groups in total. The molecule has 0 unspecified atom stereocenters. The van der Waals surface area contributed by atoms with Crippen molar-refractivity contribution in [2.24, 2.45) is 0 Å². The molecule has 48 heavy (non-hydrogen) atoms. The summed E-state index contributed by atoms with van der Waals surface area (Å²) in [7, 11) is 0. The topological polar surface area (TPSA) is 33.6 Å². The molecule has 0 saturated carbocycles. The quantitative estimate of drug-likeness (QED) is 0.183. The summed E-state index contributed by atoms with van der Waals surface area (Å²) in [6.45, 7) is 0. The van der Waals surface area contributed by atoms with Crippen LogP contribution >= 0.6 is 0 Å². The smallest absolute Gasteiger partial charge is 0.0998 e. The number of aromatic nitrogens is 2. The van der Waals surface area contributed by atoms with Gasteiger partial charge in [-0.2, -0.15) is 5.26 Å². The first-order chi connectivity index (χ1) is 23.8. The standard InChI is InChI=1S/C45H27N3/c46-28-32-24-31-18-21-34(27-39(31)36-13-5-4-12-35(32)36)48-43-17-9-7-15-38(43)41-26-30(20-23-45(41)48)29-19-22-44-40(25-29)37-14-6-8-16-42(37)47(44)33-10-2-1-3-11-33/h1-27H. The average Bonchev–Trinajstić information content (AvgIpc) is 3.67. The van der Waals surface area contributed by atoms with Crippen LogP contribution in [-0.4, -0.2) is 9.13 Å². The Morgan fingerprint density at radius 2 is 0.875 bits per heavy atom. The van der Waals surface area contributed by atoms with E-state index in [0.29, 0.717) is 5.56 Å². The zero-order valence-corrected chi connectivity index (χ0v) is 25.9. The average molecular weight is 610 g/mol. The first-order valence-electron chi connectivity index (χ1n) is 16.2. The number of fused-ring (bicyclic) bond motifs is 9. The lowest BCUT2D eigenvalue weighted by Gasteiger charge is -2.12. The summed E-state index contributed by atoms with van der Waals surface area (Å²) in [5.41, 5.74) is 10.1. The molecule has 0 fully saturated rings. The molecule has 0 atom stereocenters. The highest BCUT2D eigenvalue weighted by Crippen LogP contribution is 2.39. The van der Waals surface area contributed by atoms with Crippen LogP contribution < -0.4 is 0 Å². The Bertz CT molecular complexity index is 2950. The molecule has 3 nitrogen and oxygen atoms in total. The fourth-order valence-corrected chi connectivity index (χ4v) is 7.76. The van der Waals surface area contributed by atoms with Gasteiger partial charge in [0.2, 0.25) is 0 Å². The van der Waals surface area contributed by atoms with E-state index in [0.717, 1.165) is 32.9 Å². The Balaban J connectivity index is 1.17. The van der Waals surface area contributed by atoms with Gasteiger partial charge in [0.05, 0.1) is 33.7 Å². The number of benzene rings is 8. The van der Waals surface area contributed by atoms with Gasteiger partial charge in [0.15, 0.2) is 0 Å². The van der Waals surface area contributed by atoms with Gasteiger partial charge in [-0.3, -0.25) is 0 Å². The van der Waals surface area contributed by atoms with E-state index in [2.05, 4.69) is 155 Å². The second-order valence-corrected chi connectivity index (χ2v) is 12.5. The summed E-state index contributed by atoms with van der Waals surface area (Å²) in [5.74, 6) is 0. The third-order valence-electron chi connectivity index (χ3n) is 9.92. The maximum Gasteiger partial charge on any atom is 0.0998 e. The number of nitriles is 1. The molecule has 0 aliphatic rings. The van der Waals surface area contributed by atoms with Gasteiger partial charge < -0.3 is 9.13 Å². The Morgan fingerprint density at radius 1 is 0.354 bits per heavy atom. The van der Waals surface area contributed by atoms with Crippen molar-refractivity contribution >= 4 is 65.2 Å². The molecule has 10 aromatic rings. The zero-order valence-electron chi connectivity index (χ0n) is 25.9. The van der Waals surface area contributed by atoms with Crippen LogP contribution in [0.4, 0.5) is 0 Å². The fraction of sp³-hybridized carbons (Fsp3) is 0. The molecule has 3 heteroatoms. The largest absolute Gasteiger partial charge is 0.309 e. The summed E-state index contributed by atoms with van der Waals surface area (Å²) in [6, 6.07) is 60.9. The minimum Gasteiger partial charge on any atom is -0.309 e. The highest BCUT2D eigenvalue weighted by atomic mass is 15.0. The van der Waals surface area contributed by atoms with Gasteiger partial charge in [0.25, 0.3) is 0 Å². The van der Waals surface area contributed by atoms with Gasteiger partial charge in [-0.1, -0.05) is 97.1 Å². The number of rotatable bonds is 3. The third-order valence-corrected chi connectivity index (χ3v) is 9.92. The molecule has 0 aliphatic carbocycles. The van der Waals surface area contributed by atoms with Gasteiger partial charge >= 0.3 is 0 Å². The molecule has 0 bridgehead atoms. The molecule has 0 amide bonds. The molecule has 2 heterocycles. The van der Waals surface area contributed by atoms with Crippen LogP contribution in [0, 0.1) is 11.3 Å². The molecular weight excluding hydrogens is 583 g/mol. The first kappa shape index (κ1) is 26.6. The summed E-state index contributed by atoms with van der Waals surface area (Å²) in [4.78, 5) is 0. The van der Waals surface area contributed by atoms with Gasteiger partial charge in [-0.25, -0.2) is 0 Å². The molecule has 222 valence electrons. The molecule has 2 aromatic heterocycles. The van der Waals surface area contributed by atoms with E-state index in [9.17, 15) is 5.26 Å². The molecule has 0 spiro atoms. The van der Waals surface area contributed by atoms with Crippen LogP contribution in [0.1, 0.15) is 5.56 Å². The second kappa shape index (κ2) is 10.2. The predicted molar refractivity (Wildman–Crippen MR) is 200 cm³/mol. The lowest BCUT2D eigenvalue weighted by atomic mass is 9.97.